The summed E-state index contributed by atoms with van der Waals surface area (Å²) < 4.78 is 5.60. The molecule has 0 radical (unpaired) electrons. The Morgan fingerprint density at radius 3 is 2.37 bits per heavy atom. The molecule has 1 aromatic rings. The minimum atomic E-state index is -0.666. The average molecular weight is 265 g/mol. The molecular formula is C16H27NO2. The Morgan fingerprint density at radius 1 is 1.21 bits per heavy atom. The molecule has 0 fully saturated rings. The van der Waals surface area contributed by atoms with E-state index in [2.05, 4.69) is 31.3 Å². The molecule has 0 aliphatic carbocycles. The fourth-order valence-electron chi connectivity index (χ4n) is 1.63. The maximum Gasteiger partial charge on any atom is 0.119 e. The smallest absolute Gasteiger partial charge is 0.119 e. The number of aliphatic hydroxyl groups is 1. The maximum atomic E-state index is 9.59. The van der Waals surface area contributed by atoms with Gasteiger partial charge in [0.2, 0.25) is 0 Å². The zero-order valence-corrected chi connectivity index (χ0v) is 12.6. The highest BCUT2D eigenvalue weighted by Gasteiger charge is 2.11. The van der Waals surface area contributed by atoms with E-state index in [4.69, 9.17) is 4.74 Å². The van der Waals surface area contributed by atoms with Crippen LogP contribution in [0.5, 0.6) is 5.75 Å². The normalized spacial score (nSPS) is 11.9. The summed E-state index contributed by atoms with van der Waals surface area (Å²) >= 11 is 0. The second-order valence-corrected chi connectivity index (χ2v) is 6.08. The van der Waals surface area contributed by atoms with Gasteiger partial charge >= 0.3 is 0 Å². The van der Waals surface area contributed by atoms with E-state index in [1.807, 2.05) is 12.1 Å². The molecule has 0 aromatic heterocycles. The molecule has 0 saturated heterocycles. The van der Waals surface area contributed by atoms with E-state index in [0.717, 1.165) is 18.8 Å². The van der Waals surface area contributed by atoms with Crippen LogP contribution in [0.4, 0.5) is 0 Å². The summed E-state index contributed by atoms with van der Waals surface area (Å²) in [5.41, 5.74) is 0.594. The van der Waals surface area contributed by atoms with Crippen molar-refractivity contribution in [2.75, 3.05) is 13.2 Å². The number of hydrogen-bond donors (Lipinski definition) is 2. The van der Waals surface area contributed by atoms with Crippen LogP contribution in [0.25, 0.3) is 0 Å². The summed E-state index contributed by atoms with van der Waals surface area (Å²) in [6, 6.07) is 8.12. The Morgan fingerprint density at radius 2 is 1.84 bits per heavy atom. The van der Waals surface area contributed by atoms with E-state index in [1.165, 1.54) is 5.56 Å². The standard InChI is InChI=1S/C16H27NO2/c1-13(2)11-17-12-14-5-7-15(8-6-14)19-10-9-16(3,4)18/h5-8,13,17-18H,9-12H2,1-4H3. The van der Waals surface area contributed by atoms with Crippen molar-refractivity contribution in [2.24, 2.45) is 5.92 Å². The molecule has 1 aromatic carbocycles. The molecule has 3 nitrogen and oxygen atoms in total. The number of nitrogens with one attached hydrogen (secondary N) is 1. The van der Waals surface area contributed by atoms with Gasteiger partial charge in [-0.1, -0.05) is 26.0 Å². The van der Waals surface area contributed by atoms with Gasteiger partial charge in [-0.3, -0.25) is 0 Å². The fraction of sp³-hybridized carbons (Fsp3) is 0.625. The number of rotatable bonds is 8. The first-order valence-corrected chi connectivity index (χ1v) is 7.01. The summed E-state index contributed by atoms with van der Waals surface area (Å²) in [4.78, 5) is 0. The second kappa shape index (κ2) is 7.51. The SMILES string of the molecule is CC(C)CNCc1ccc(OCCC(C)(C)O)cc1. The largest absolute Gasteiger partial charge is 0.493 e. The van der Waals surface area contributed by atoms with Crippen LogP contribution < -0.4 is 10.1 Å². The van der Waals surface area contributed by atoms with Crippen LogP contribution in [0, 0.1) is 5.92 Å². The van der Waals surface area contributed by atoms with Crippen LogP contribution in [0.3, 0.4) is 0 Å². The molecule has 0 spiro atoms. The van der Waals surface area contributed by atoms with E-state index in [9.17, 15) is 5.11 Å². The second-order valence-electron chi connectivity index (χ2n) is 6.08. The zero-order chi connectivity index (χ0) is 14.3. The lowest BCUT2D eigenvalue weighted by molar-refractivity contribution is 0.0553. The molecule has 0 heterocycles. The quantitative estimate of drug-likeness (QED) is 0.759. The third-order valence-corrected chi connectivity index (χ3v) is 2.79. The van der Waals surface area contributed by atoms with E-state index >= 15 is 0 Å². The summed E-state index contributed by atoms with van der Waals surface area (Å²) in [5.74, 6) is 1.53. The molecule has 0 aliphatic rings. The van der Waals surface area contributed by atoms with Crippen LogP contribution in [-0.4, -0.2) is 23.9 Å². The predicted molar refractivity (Wildman–Crippen MR) is 79.4 cm³/mol. The van der Waals surface area contributed by atoms with Gasteiger partial charge in [0, 0.05) is 13.0 Å². The summed E-state index contributed by atoms with van der Waals surface area (Å²) in [5, 5.41) is 13.0. The summed E-state index contributed by atoms with van der Waals surface area (Å²) in [7, 11) is 0. The first-order valence-electron chi connectivity index (χ1n) is 7.01. The Balaban J connectivity index is 2.31. The molecule has 0 atom stereocenters. The van der Waals surface area contributed by atoms with Crippen molar-refractivity contribution in [1.29, 1.82) is 0 Å². The lowest BCUT2D eigenvalue weighted by Gasteiger charge is -2.17. The van der Waals surface area contributed by atoms with E-state index in [1.54, 1.807) is 13.8 Å². The van der Waals surface area contributed by atoms with Crippen molar-refractivity contribution in [3.8, 4) is 5.75 Å². The van der Waals surface area contributed by atoms with Gasteiger partial charge < -0.3 is 15.2 Å². The molecule has 3 heteroatoms. The highest BCUT2D eigenvalue weighted by Crippen LogP contribution is 2.14. The molecule has 0 unspecified atom stereocenters. The molecule has 108 valence electrons. The first kappa shape index (κ1) is 16.0. The van der Waals surface area contributed by atoms with Crippen molar-refractivity contribution in [3.05, 3.63) is 29.8 Å². The van der Waals surface area contributed by atoms with Crippen LogP contribution in [0.15, 0.2) is 24.3 Å². The Hall–Kier alpha value is -1.06. The van der Waals surface area contributed by atoms with E-state index < -0.39 is 5.60 Å². The summed E-state index contributed by atoms with van der Waals surface area (Å²) in [6.45, 7) is 10.4. The topological polar surface area (TPSA) is 41.5 Å². The molecule has 19 heavy (non-hydrogen) atoms. The highest BCUT2D eigenvalue weighted by molar-refractivity contribution is 5.27. The predicted octanol–water partition coefficient (Wildman–Crippen LogP) is 2.97. The Kier molecular flexibility index (Phi) is 6.32. The van der Waals surface area contributed by atoms with Gasteiger partial charge in [-0.2, -0.15) is 0 Å². The molecule has 0 amide bonds. The van der Waals surface area contributed by atoms with Crippen LogP contribution in [-0.2, 0) is 6.54 Å². The molecule has 0 saturated carbocycles. The van der Waals surface area contributed by atoms with Crippen molar-refractivity contribution < 1.29 is 9.84 Å². The van der Waals surface area contributed by atoms with Crippen LogP contribution in [0.1, 0.15) is 39.7 Å². The molecule has 1 rings (SSSR count). The average Bonchev–Trinajstić information content (AvgIpc) is 2.29. The van der Waals surface area contributed by atoms with Crippen LogP contribution >= 0.6 is 0 Å². The Bertz CT molecular complexity index is 352. The molecule has 2 N–H and O–H groups in total. The summed E-state index contributed by atoms with van der Waals surface area (Å²) in [6.07, 6.45) is 0.630. The van der Waals surface area contributed by atoms with Gasteiger partial charge in [-0.05, 0) is 44.0 Å². The minimum Gasteiger partial charge on any atom is -0.493 e. The maximum absolute atomic E-state index is 9.59. The number of ether oxygens (including phenoxy) is 1. The van der Waals surface area contributed by atoms with E-state index in [-0.39, 0.29) is 0 Å². The lowest BCUT2D eigenvalue weighted by atomic mass is 10.1. The van der Waals surface area contributed by atoms with Gasteiger partial charge in [-0.25, -0.2) is 0 Å². The van der Waals surface area contributed by atoms with Gasteiger partial charge in [-0.15, -0.1) is 0 Å². The van der Waals surface area contributed by atoms with Crippen molar-refractivity contribution in [2.45, 2.75) is 46.3 Å². The fourth-order valence-corrected chi connectivity index (χ4v) is 1.63. The lowest BCUT2D eigenvalue weighted by Crippen LogP contribution is -2.21. The van der Waals surface area contributed by atoms with Gasteiger partial charge in [0.15, 0.2) is 0 Å². The van der Waals surface area contributed by atoms with Gasteiger partial charge in [0.25, 0.3) is 0 Å². The monoisotopic (exact) mass is 265 g/mol. The van der Waals surface area contributed by atoms with Gasteiger partial charge in [0.1, 0.15) is 5.75 Å². The zero-order valence-electron chi connectivity index (χ0n) is 12.6. The Labute approximate surface area is 117 Å². The molecule has 0 bridgehead atoms. The van der Waals surface area contributed by atoms with Crippen molar-refractivity contribution in [3.63, 3.8) is 0 Å². The van der Waals surface area contributed by atoms with Crippen LogP contribution in [0.2, 0.25) is 0 Å². The number of benzene rings is 1. The minimum absolute atomic E-state index is 0.536. The third kappa shape index (κ3) is 7.85. The third-order valence-electron chi connectivity index (χ3n) is 2.79. The first-order chi connectivity index (χ1) is 8.87. The highest BCUT2D eigenvalue weighted by atomic mass is 16.5. The molecular weight excluding hydrogens is 238 g/mol. The van der Waals surface area contributed by atoms with Crippen molar-refractivity contribution in [1.82, 2.24) is 5.32 Å². The van der Waals surface area contributed by atoms with Crippen molar-refractivity contribution >= 4 is 0 Å². The van der Waals surface area contributed by atoms with Gasteiger partial charge in [0.05, 0.1) is 12.2 Å². The van der Waals surface area contributed by atoms with E-state index in [0.29, 0.717) is 18.9 Å². The molecule has 0 aliphatic heterocycles. The number of hydrogen-bond acceptors (Lipinski definition) is 3.